The van der Waals surface area contributed by atoms with E-state index in [4.69, 9.17) is 15.2 Å². The predicted molar refractivity (Wildman–Crippen MR) is 57.7 cm³/mol. The minimum Gasteiger partial charge on any atom is -0.447 e. The van der Waals surface area contributed by atoms with Gasteiger partial charge in [0.2, 0.25) is 0 Å². The number of carbonyl (C=O) groups excluding carboxylic acids is 1. The average Bonchev–Trinajstić information content (AvgIpc) is 2.18. The first-order valence-electron chi connectivity index (χ1n) is 4.50. The molecule has 0 fully saturated rings. The van der Waals surface area contributed by atoms with E-state index in [2.05, 4.69) is 5.32 Å². The van der Waals surface area contributed by atoms with E-state index in [1.807, 2.05) is 0 Å². The number of nitrogens with one attached hydrogen (secondary N) is 1. The predicted octanol–water partition coefficient (Wildman–Crippen LogP) is 1.46. The highest BCUT2D eigenvalue weighted by Gasteiger charge is 2.02. The van der Waals surface area contributed by atoms with Gasteiger partial charge in [-0.15, -0.1) is 0 Å². The summed E-state index contributed by atoms with van der Waals surface area (Å²) < 4.78 is 9.55. The van der Waals surface area contributed by atoms with Crippen molar-refractivity contribution in [2.75, 3.05) is 31.4 Å². The molecule has 0 heterocycles. The smallest absolute Gasteiger partial charge is 0.411 e. The molecule has 3 N–H and O–H groups in total. The van der Waals surface area contributed by atoms with Crippen molar-refractivity contribution < 1.29 is 14.3 Å². The van der Waals surface area contributed by atoms with Gasteiger partial charge >= 0.3 is 6.09 Å². The molecule has 1 amide bonds. The summed E-state index contributed by atoms with van der Waals surface area (Å²) >= 11 is 0. The molecule has 0 unspecified atom stereocenters. The van der Waals surface area contributed by atoms with Crippen molar-refractivity contribution in [3.05, 3.63) is 24.3 Å². The molecule has 0 aromatic heterocycles. The Hall–Kier alpha value is -1.75. The topological polar surface area (TPSA) is 73.6 Å². The number of hydrogen-bond acceptors (Lipinski definition) is 4. The second-order valence-electron chi connectivity index (χ2n) is 2.88. The van der Waals surface area contributed by atoms with Gasteiger partial charge in [0.15, 0.2) is 0 Å². The number of nitrogens with two attached hydrogens (primary N) is 1. The zero-order valence-electron chi connectivity index (χ0n) is 8.53. The normalized spacial score (nSPS) is 9.67. The summed E-state index contributed by atoms with van der Waals surface area (Å²) in [5, 5.41) is 2.54. The van der Waals surface area contributed by atoms with E-state index < -0.39 is 6.09 Å². The monoisotopic (exact) mass is 210 g/mol. The maximum absolute atomic E-state index is 11.2. The van der Waals surface area contributed by atoms with E-state index in [1.54, 1.807) is 31.4 Å². The molecule has 1 rings (SSSR count). The summed E-state index contributed by atoms with van der Waals surface area (Å²) in [6, 6.07) is 6.87. The van der Waals surface area contributed by atoms with Gasteiger partial charge in [-0.2, -0.15) is 0 Å². The van der Waals surface area contributed by atoms with E-state index >= 15 is 0 Å². The van der Waals surface area contributed by atoms with Crippen molar-refractivity contribution in [3.8, 4) is 0 Å². The van der Waals surface area contributed by atoms with Crippen molar-refractivity contribution in [2.24, 2.45) is 0 Å². The molecule has 5 heteroatoms. The van der Waals surface area contributed by atoms with E-state index in [0.717, 1.165) is 0 Å². The molecule has 15 heavy (non-hydrogen) atoms. The van der Waals surface area contributed by atoms with Crippen molar-refractivity contribution in [1.82, 2.24) is 0 Å². The molecule has 0 bridgehead atoms. The molecular formula is C10H14N2O3. The van der Waals surface area contributed by atoms with Gasteiger partial charge in [-0.3, -0.25) is 5.32 Å². The maximum Gasteiger partial charge on any atom is 0.411 e. The summed E-state index contributed by atoms with van der Waals surface area (Å²) in [7, 11) is 1.54. The second-order valence-corrected chi connectivity index (χ2v) is 2.88. The first kappa shape index (κ1) is 11.3. The molecule has 0 saturated carbocycles. The van der Waals surface area contributed by atoms with Gasteiger partial charge in [0.1, 0.15) is 6.61 Å². The lowest BCUT2D eigenvalue weighted by Crippen LogP contribution is -2.16. The minimum atomic E-state index is -0.516. The second kappa shape index (κ2) is 5.87. The van der Waals surface area contributed by atoms with Crippen LogP contribution in [0.15, 0.2) is 24.3 Å². The van der Waals surface area contributed by atoms with Crippen LogP contribution in [0, 0.1) is 0 Å². The number of methoxy groups -OCH3 is 1. The van der Waals surface area contributed by atoms with Crippen LogP contribution in [-0.4, -0.2) is 26.4 Å². The fourth-order valence-electron chi connectivity index (χ4n) is 0.988. The summed E-state index contributed by atoms with van der Waals surface area (Å²) in [5.41, 5.74) is 6.74. The zero-order chi connectivity index (χ0) is 11.1. The first-order chi connectivity index (χ1) is 7.22. The Kier molecular flexibility index (Phi) is 4.43. The Morgan fingerprint density at radius 2 is 2.27 bits per heavy atom. The van der Waals surface area contributed by atoms with Crippen LogP contribution in [0.3, 0.4) is 0 Å². The van der Waals surface area contributed by atoms with E-state index in [1.165, 1.54) is 0 Å². The highest BCUT2D eigenvalue weighted by atomic mass is 16.6. The molecule has 0 aliphatic carbocycles. The first-order valence-corrected chi connectivity index (χ1v) is 4.50. The van der Waals surface area contributed by atoms with Gasteiger partial charge in [-0.25, -0.2) is 4.79 Å². The lowest BCUT2D eigenvalue weighted by molar-refractivity contribution is 0.107. The number of hydrogen-bond donors (Lipinski definition) is 2. The average molecular weight is 210 g/mol. The Labute approximate surface area is 88.2 Å². The fourth-order valence-corrected chi connectivity index (χ4v) is 0.988. The molecular weight excluding hydrogens is 196 g/mol. The van der Waals surface area contributed by atoms with Crippen LogP contribution in [0.1, 0.15) is 0 Å². The van der Waals surface area contributed by atoms with Gasteiger partial charge in [-0.05, 0) is 18.2 Å². The van der Waals surface area contributed by atoms with Gasteiger partial charge < -0.3 is 15.2 Å². The molecule has 0 radical (unpaired) electrons. The van der Waals surface area contributed by atoms with Crippen LogP contribution in [0.25, 0.3) is 0 Å². The number of anilines is 2. The minimum absolute atomic E-state index is 0.227. The third-order valence-corrected chi connectivity index (χ3v) is 1.65. The van der Waals surface area contributed by atoms with Crippen LogP contribution < -0.4 is 11.1 Å². The van der Waals surface area contributed by atoms with Crippen LogP contribution >= 0.6 is 0 Å². The molecule has 1 aromatic rings. The van der Waals surface area contributed by atoms with E-state index in [-0.39, 0.29) is 6.61 Å². The Morgan fingerprint density at radius 3 is 2.93 bits per heavy atom. The molecule has 0 aliphatic rings. The summed E-state index contributed by atoms with van der Waals surface area (Å²) in [6.45, 7) is 0.606. The van der Waals surface area contributed by atoms with E-state index in [0.29, 0.717) is 18.0 Å². The van der Waals surface area contributed by atoms with Crippen molar-refractivity contribution >= 4 is 17.5 Å². The van der Waals surface area contributed by atoms with Crippen LogP contribution in [0.2, 0.25) is 0 Å². The largest absolute Gasteiger partial charge is 0.447 e. The van der Waals surface area contributed by atoms with Gasteiger partial charge in [0.05, 0.1) is 6.61 Å². The van der Waals surface area contributed by atoms with Crippen LogP contribution in [0.4, 0.5) is 16.2 Å². The lowest BCUT2D eigenvalue weighted by atomic mass is 10.3. The molecule has 5 nitrogen and oxygen atoms in total. The summed E-state index contributed by atoms with van der Waals surface area (Å²) in [4.78, 5) is 11.2. The van der Waals surface area contributed by atoms with Crippen molar-refractivity contribution in [1.29, 1.82) is 0 Å². The van der Waals surface area contributed by atoms with Crippen molar-refractivity contribution in [2.45, 2.75) is 0 Å². The molecule has 82 valence electrons. The third-order valence-electron chi connectivity index (χ3n) is 1.65. The van der Waals surface area contributed by atoms with Crippen LogP contribution in [0.5, 0.6) is 0 Å². The Bertz CT molecular complexity index is 328. The number of nitrogen functional groups attached to an aromatic ring is 1. The van der Waals surface area contributed by atoms with Gasteiger partial charge in [0.25, 0.3) is 0 Å². The number of rotatable bonds is 4. The maximum atomic E-state index is 11.2. The summed E-state index contributed by atoms with van der Waals surface area (Å²) in [6.07, 6.45) is -0.516. The molecule has 0 saturated heterocycles. The summed E-state index contributed by atoms with van der Waals surface area (Å²) in [5.74, 6) is 0. The van der Waals surface area contributed by atoms with E-state index in [9.17, 15) is 4.79 Å². The van der Waals surface area contributed by atoms with Gasteiger partial charge in [-0.1, -0.05) is 6.07 Å². The Balaban J connectivity index is 2.37. The van der Waals surface area contributed by atoms with Crippen LogP contribution in [-0.2, 0) is 9.47 Å². The molecule has 1 aromatic carbocycles. The molecule has 0 spiro atoms. The number of carbonyl (C=O) groups is 1. The number of benzene rings is 1. The SMILES string of the molecule is COCCOC(=O)Nc1cccc(N)c1. The Morgan fingerprint density at radius 1 is 1.47 bits per heavy atom. The number of amides is 1. The fraction of sp³-hybridized carbons (Fsp3) is 0.300. The highest BCUT2D eigenvalue weighted by molar-refractivity contribution is 5.85. The quantitative estimate of drug-likeness (QED) is 0.583. The standard InChI is InChI=1S/C10H14N2O3/c1-14-5-6-15-10(13)12-9-4-2-3-8(11)7-9/h2-4,7H,5-6,11H2,1H3,(H,12,13). The lowest BCUT2D eigenvalue weighted by Gasteiger charge is -2.06. The molecule has 0 aliphatic heterocycles. The zero-order valence-corrected chi connectivity index (χ0v) is 8.53. The third kappa shape index (κ3) is 4.33. The number of ether oxygens (including phenoxy) is 2. The van der Waals surface area contributed by atoms with Gasteiger partial charge in [0, 0.05) is 18.5 Å². The highest BCUT2D eigenvalue weighted by Crippen LogP contribution is 2.11. The van der Waals surface area contributed by atoms with Crippen molar-refractivity contribution in [3.63, 3.8) is 0 Å². The molecule has 0 atom stereocenters.